The molecule has 2 heterocycles. The molecule has 3 aromatic rings. The van der Waals surface area contributed by atoms with Gasteiger partial charge in [-0.15, -0.1) is 0 Å². The van der Waals surface area contributed by atoms with Crippen molar-refractivity contribution < 1.29 is 13.5 Å². The van der Waals surface area contributed by atoms with E-state index >= 15 is 0 Å². The van der Waals surface area contributed by atoms with Crippen LogP contribution in [-0.4, -0.2) is 34.9 Å². The molecule has 10 heteroatoms. The van der Waals surface area contributed by atoms with Crippen molar-refractivity contribution in [2.75, 3.05) is 11.3 Å². The van der Waals surface area contributed by atoms with E-state index in [0.29, 0.717) is 26.6 Å². The number of rotatable bonds is 5. The van der Waals surface area contributed by atoms with Crippen LogP contribution in [0.1, 0.15) is 0 Å². The normalized spacial score (nSPS) is 12.0. The molecule has 0 radical (unpaired) electrons. The number of aromatic nitrogens is 3. The molecule has 0 unspecified atom stereocenters. The molecule has 0 aliphatic rings. The first-order valence-electron chi connectivity index (χ1n) is 6.53. The predicted octanol–water partition coefficient (Wildman–Crippen LogP) is 2.46. The third-order valence-corrected chi connectivity index (χ3v) is 5.16. The van der Waals surface area contributed by atoms with E-state index in [2.05, 4.69) is 14.8 Å². The number of nitrogens with one attached hydrogen (secondary N) is 2. The predicted molar refractivity (Wildman–Crippen MR) is 88.4 cm³/mol. The number of benzene rings is 1. The smallest absolute Gasteiger partial charge is 0.265 e. The number of anilines is 1. The quantitative estimate of drug-likeness (QED) is 0.638. The minimum absolute atomic E-state index is 0.00768. The Hall–Kier alpha value is -1.74. The molecule has 0 aliphatic carbocycles. The van der Waals surface area contributed by atoms with Crippen molar-refractivity contribution in [2.24, 2.45) is 0 Å². The van der Waals surface area contributed by atoms with E-state index in [1.165, 1.54) is 23.3 Å². The molecule has 0 aliphatic heterocycles. The highest BCUT2D eigenvalue weighted by Gasteiger charge is 2.19. The lowest BCUT2D eigenvalue weighted by molar-refractivity contribution is 0.269. The summed E-state index contributed by atoms with van der Waals surface area (Å²) in [5.74, 6) is 0. The van der Waals surface area contributed by atoms with E-state index in [-0.39, 0.29) is 18.0 Å². The standard InChI is InChI=1S/C13H12Cl2N4O3S/c14-9-1-2-11(13-12(9)10(15)6-16-13)18-23(21,22)8-5-17-19(7-8)3-4-20/h1-2,5-7,16,18,20H,3-4H2. The average molecular weight is 375 g/mol. The number of aliphatic hydroxyl groups excluding tert-OH is 1. The SMILES string of the molecule is O=S(=O)(Nc1ccc(Cl)c2c(Cl)c[nH]c12)c1cnn(CCO)c1. The maximum Gasteiger partial charge on any atom is 0.265 e. The van der Waals surface area contributed by atoms with E-state index in [1.54, 1.807) is 12.1 Å². The van der Waals surface area contributed by atoms with Crippen molar-refractivity contribution in [3.63, 3.8) is 0 Å². The number of aliphatic hydroxyl groups is 1. The Balaban J connectivity index is 1.99. The Kier molecular flexibility index (Phi) is 4.24. The molecular formula is C13H12Cl2N4O3S. The Morgan fingerprint density at radius 2 is 2.09 bits per heavy atom. The van der Waals surface area contributed by atoms with Crippen LogP contribution in [0.5, 0.6) is 0 Å². The minimum Gasteiger partial charge on any atom is -0.394 e. The molecule has 3 rings (SSSR count). The summed E-state index contributed by atoms with van der Waals surface area (Å²) in [6.45, 7) is 0.0837. The van der Waals surface area contributed by atoms with Crippen LogP contribution in [-0.2, 0) is 16.6 Å². The van der Waals surface area contributed by atoms with Gasteiger partial charge in [-0.3, -0.25) is 9.40 Å². The number of nitrogens with zero attached hydrogens (tertiary/aromatic N) is 2. The number of halogens is 2. The number of hydrogen-bond acceptors (Lipinski definition) is 4. The van der Waals surface area contributed by atoms with E-state index < -0.39 is 10.0 Å². The van der Waals surface area contributed by atoms with Gasteiger partial charge in [0.1, 0.15) is 4.90 Å². The number of aromatic amines is 1. The highest BCUT2D eigenvalue weighted by atomic mass is 35.5. The van der Waals surface area contributed by atoms with Crippen molar-refractivity contribution in [1.29, 1.82) is 0 Å². The van der Waals surface area contributed by atoms with Gasteiger partial charge in [0.05, 0.1) is 40.6 Å². The van der Waals surface area contributed by atoms with Gasteiger partial charge in [-0.2, -0.15) is 5.10 Å². The van der Waals surface area contributed by atoms with Crippen molar-refractivity contribution in [3.05, 3.63) is 40.8 Å². The Morgan fingerprint density at radius 1 is 1.30 bits per heavy atom. The van der Waals surface area contributed by atoms with Gasteiger partial charge < -0.3 is 10.1 Å². The highest BCUT2D eigenvalue weighted by Crippen LogP contribution is 2.35. The van der Waals surface area contributed by atoms with Gasteiger partial charge in [0.25, 0.3) is 10.0 Å². The molecule has 7 nitrogen and oxygen atoms in total. The fourth-order valence-corrected chi connectivity index (χ4v) is 3.75. The van der Waals surface area contributed by atoms with E-state index in [0.717, 1.165) is 0 Å². The van der Waals surface area contributed by atoms with Gasteiger partial charge in [-0.25, -0.2) is 8.42 Å². The largest absolute Gasteiger partial charge is 0.394 e. The number of H-pyrrole nitrogens is 1. The van der Waals surface area contributed by atoms with E-state index in [9.17, 15) is 8.42 Å². The van der Waals surface area contributed by atoms with Crippen LogP contribution in [0, 0.1) is 0 Å². The molecule has 23 heavy (non-hydrogen) atoms. The third kappa shape index (κ3) is 3.02. The van der Waals surface area contributed by atoms with Crippen molar-refractivity contribution in [2.45, 2.75) is 11.4 Å². The van der Waals surface area contributed by atoms with Crippen LogP contribution in [0.4, 0.5) is 5.69 Å². The van der Waals surface area contributed by atoms with Crippen LogP contribution >= 0.6 is 23.2 Å². The second-order valence-electron chi connectivity index (χ2n) is 4.75. The summed E-state index contributed by atoms with van der Waals surface area (Å²) in [6.07, 6.45) is 4.09. The molecule has 0 amide bonds. The monoisotopic (exact) mass is 374 g/mol. The van der Waals surface area contributed by atoms with Gasteiger partial charge >= 0.3 is 0 Å². The third-order valence-electron chi connectivity index (χ3n) is 3.23. The van der Waals surface area contributed by atoms with Gasteiger partial charge in [0.15, 0.2) is 0 Å². The summed E-state index contributed by atoms with van der Waals surface area (Å²) in [6, 6.07) is 3.11. The van der Waals surface area contributed by atoms with Crippen molar-refractivity contribution >= 4 is 49.8 Å². The molecular weight excluding hydrogens is 363 g/mol. The summed E-state index contributed by atoms with van der Waals surface area (Å²) in [5, 5.41) is 14.1. The van der Waals surface area contributed by atoms with Crippen LogP contribution in [0.25, 0.3) is 10.9 Å². The van der Waals surface area contributed by atoms with Crippen LogP contribution < -0.4 is 4.72 Å². The lowest BCUT2D eigenvalue weighted by Gasteiger charge is -2.08. The molecule has 0 bridgehead atoms. The van der Waals surface area contributed by atoms with Crippen LogP contribution in [0.15, 0.2) is 35.6 Å². The lowest BCUT2D eigenvalue weighted by Crippen LogP contribution is -2.12. The fraction of sp³-hybridized carbons (Fsp3) is 0.154. The maximum absolute atomic E-state index is 12.4. The maximum atomic E-state index is 12.4. The first-order valence-corrected chi connectivity index (χ1v) is 8.77. The molecule has 3 N–H and O–H groups in total. The number of sulfonamides is 1. The molecule has 0 spiro atoms. The average Bonchev–Trinajstić information content (AvgIpc) is 3.11. The highest BCUT2D eigenvalue weighted by molar-refractivity contribution is 7.92. The summed E-state index contributed by atoms with van der Waals surface area (Å²) in [5.41, 5.74) is 0.819. The van der Waals surface area contributed by atoms with Crippen LogP contribution in [0.3, 0.4) is 0 Å². The summed E-state index contributed by atoms with van der Waals surface area (Å²) < 4.78 is 28.7. The summed E-state index contributed by atoms with van der Waals surface area (Å²) in [7, 11) is -3.83. The Bertz CT molecular complexity index is 965. The molecule has 2 aromatic heterocycles. The molecule has 0 saturated carbocycles. The van der Waals surface area contributed by atoms with Crippen LogP contribution in [0.2, 0.25) is 10.0 Å². The number of fused-ring (bicyclic) bond motifs is 1. The molecule has 122 valence electrons. The van der Waals surface area contributed by atoms with Gasteiger partial charge in [-0.1, -0.05) is 23.2 Å². The Labute approximate surface area is 141 Å². The first-order chi connectivity index (χ1) is 10.9. The zero-order chi connectivity index (χ0) is 16.6. The molecule has 0 fully saturated rings. The van der Waals surface area contributed by atoms with E-state index in [1.807, 2.05) is 0 Å². The Morgan fingerprint density at radius 3 is 2.83 bits per heavy atom. The van der Waals surface area contributed by atoms with Gasteiger partial charge in [0.2, 0.25) is 0 Å². The second-order valence-corrected chi connectivity index (χ2v) is 7.25. The first kappa shape index (κ1) is 16.1. The van der Waals surface area contributed by atoms with Crippen molar-refractivity contribution in [3.8, 4) is 0 Å². The zero-order valence-electron chi connectivity index (χ0n) is 11.6. The van der Waals surface area contributed by atoms with Gasteiger partial charge in [-0.05, 0) is 12.1 Å². The summed E-state index contributed by atoms with van der Waals surface area (Å²) >= 11 is 12.1. The zero-order valence-corrected chi connectivity index (χ0v) is 14.0. The minimum atomic E-state index is -3.83. The van der Waals surface area contributed by atoms with E-state index in [4.69, 9.17) is 28.3 Å². The number of hydrogen-bond donors (Lipinski definition) is 3. The second kappa shape index (κ2) is 6.04. The van der Waals surface area contributed by atoms with Crippen molar-refractivity contribution in [1.82, 2.24) is 14.8 Å². The lowest BCUT2D eigenvalue weighted by atomic mass is 10.2. The summed E-state index contributed by atoms with van der Waals surface area (Å²) in [4.78, 5) is 2.89. The molecule has 0 atom stereocenters. The topological polar surface area (TPSA) is 100 Å². The molecule has 0 saturated heterocycles. The van der Waals surface area contributed by atoms with Gasteiger partial charge in [0, 0.05) is 17.8 Å². The molecule has 1 aromatic carbocycles. The fourth-order valence-electron chi connectivity index (χ4n) is 2.17.